The number of aldehydes is 2. The molecule has 1 aromatic carbocycles. The van der Waals surface area contributed by atoms with Gasteiger partial charge in [-0.1, -0.05) is 36.4 Å². The Labute approximate surface area is 113 Å². The molecule has 1 aliphatic carbocycles. The fourth-order valence-corrected chi connectivity index (χ4v) is 2.18. The van der Waals surface area contributed by atoms with E-state index in [2.05, 4.69) is 0 Å². The maximum Gasteiger partial charge on any atom is 0.416 e. The number of allylic oxidation sites excluding steroid dienone is 4. The van der Waals surface area contributed by atoms with Gasteiger partial charge in [-0.2, -0.15) is 13.2 Å². The zero-order valence-corrected chi connectivity index (χ0v) is 10.4. The van der Waals surface area contributed by atoms with Crippen LogP contribution in [0.5, 0.6) is 0 Å². The van der Waals surface area contributed by atoms with Crippen LogP contribution in [0.15, 0.2) is 42.5 Å². The predicted octanol–water partition coefficient (Wildman–Crippen LogP) is 3.43. The summed E-state index contributed by atoms with van der Waals surface area (Å²) >= 11 is 0. The Morgan fingerprint density at radius 3 is 2.35 bits per heavy atom. The fraction of sp³-hybridized carbons (Fsp3) is 0.200. The molecule has 0 unspecified atom stereocenters. The van der Waals surface area contributed by atoms with Crippen LogP contribution >= 0.6 is 0 Å². The summed E-state index contributed by atoms with van der Waals surface area (Å²) in [7, 11) is 0. The van der Waals surface area contributed by atoms with Crippen LogP contribution < -0.4 is 0 Å². The van der Waals surface area contributed by atoms with Crippen molar-refractivity contribution in [3.63, 3.8) is 0 Å². The number of benzene rings is 1. The van der Waals surface area contributed by atoms with Gasteiger partial charge >= 0.3 is 6.18 Å². The molecule has 0 amide bonds. The predicted molar refractivity (Wildman–Crippen MR) is 67.7 cm³/mol. The van der Waals surface area contributed by atoms with Gasteiger partial charge in [0.1, 0.15) is 18.0 Å². The third-order valence-electron chi connectivity index (χ3n) is 3.22. The molecule has 0 fully saturated rings. The van der Waals surface area contributed by atoms with Crippen molar-refractivity contribution in [2.24, 2.45) is 5.41 Å². The molecule has 0 N–H and O–H groups in total. The lowest BCUT2D eigenvalue weighted by molar-refractivity contribution is -0.137. The molecular formula is C15H11F3O2. The molecule has 2 nitrogen and oxygen atoms in total. The van der Waals surface area contributed by atoms with E-state index in [1.54, 1.807) is 0 Å². The van der Waals surface area contributed by atoms with E-state index >= 15 is 0 Å². The second-order valence-corrected chi connectivity index (χ2v) is 4.62. The summed E-state index contributed by atoms with van der Waals surface area (Å²) in [4.78, 5) is 22.1. The second kappa shape index (κ2) is 5.07. The highest BCUT2D eigenvalue weighted by molar-refractivity contribution is 5.91. The Morgan fingerprint density at radius 1 is 1.10 bits per heavy atom. The van der Waals surface area contributed by atoms with Gasteiger partial charge in [-0.15, -0.1) is 0 Å². The van der Waals surface area contributed by atoms with Crippen LogP contribution in [0, 0.1) is 5.41 Å². The largest absolute Gasteiger partial charge is 0.416 e. The fourth-order valence-electron chi connectivity index (χ4n) is 2.18. The molecule has 0 saturated carbocycles. The van der Waals surface area contributed by atoms with Gasteiger partial charge in [0.05, 0.1) is 5.56 Å². The molecule has 0 aromatic heterocycles. The molecule has 5 heteroatoms. The summed E-state index contributed by atoms with van der Waals surface area (Å²) in [5, 5.41) is 0. The van der Waals surface area contributed by atoms with Crippen LogP contribution in [-0.4, -0.2) is 12.6 Å². The van der Waals surface area contributed by atoms with E-state index in [9.17, 15) is 22.8 Å². The van der Waals surface area contributed by atoms with Gasteiger partial charge < -0.3 is 9.59 Å². The average molecular weight is 280 g/mol. The summed E-state index contributed by atoms with van der Waals surface area (Å²) in [6.07, 6.45) is 0.698. The van der Waals surface area contributed by atoms with E-state index in [1.165, 1.54) is 36.4 Å². The Bertz CT molecular complexity index is 589. The van der Waals surface area contributed by atoms with Crippen molar-refractivity contribution in [2.75, 3.05) is 0 Å². The van der Waals surface area contributed by atoms with Crippen molar-refractivity contribution in [3.05, 3.63) is 53.6 Å². The molecule has 0 atom stereocenters. The minimum absolute atomic E-state index is 0.00238. The van der Waals surface area contributed by atoms with Crippen molar-refractivity contribution >= 4 is 18.1 Å². The molecule has 0 aliphatic heterocycles. The van der Waals surface area contributed by atoms with E-state index in [0.717, 1.165) is 6.07 Å². The zero-order valence-electron chi connectivity index (χ0n) is 10.4. The summed E-state index contributed by atoms with van der Waals surface area (Å²) < 4.78 is 38.9. The molecule has 0 bridgehead atoms. The first-order valence-electron chi connectivity index (χ1n) is 5.89. The lowest BCUT2D eigenvalue weighted by atomic mass is 9.78. The first-order chi connectivity index (χ1) is 9.42. The van der Waals surface area contributed by atoms with E-state index in [4.69, 9.17) is 0 Å². The molecular weight excluding hydrogens is 269 g/mol. The number of alkyl halides is 3. The summed E-state index contributed by atoms with van der Waals surface area (Å²) in [5.41, 5.74) is -1.83. The minimum atomic E-state index is -4.48. The summed E-state index contributed by atoms with van der Waals surface area (Å²) in [5.74, 6) is 0. The quantitative estimate of drug-likeness (QED) is 0.628. The molecule has 2 rings (SSSR count). The number of hydrogen-bond donors (Lipinski definition) is 0. The van der Waals surface area contributed by atoms with Gasteiger partial charge in [0.15, 0.2) is 0 Å². The lowest BCUT2D eigenvalue weighted by Gasteiger charge is -2.24. The Kier molecular flexibility index (Phi) is 3.61. The second-order valence-electron chi connectivity index (χ2n) is 4.62. The van der Waals surface area contributed by atoms with Crippen LogP contribution in [0.2, 0.25) is 0 Å². The first kappa shape index (κ1) is 14.2. The normalized spacial score (nSPS) is 17.4. The van der Waals surface area contributed by atoms with Gasteiger partial charge in [0.25, 0.3) is 0 Å². The van der Waals surface area contributed by atoms with Crippen molar-refractivity contribution in [1.29, 1.82) is 0 Å². The van der Waals surface area contributed by atoms with E-state index in [0.29, 0.717) is 18.1 Å². The third-order valence-corrected chi connectivity index (χ3v) is 3.22. The van der Waals surface area contributed by atoms with Crippen molar-refractivity contribution in [3.8, 4) is 0 Å². The topological polar surface area (TPSA) is 34.1 Å². The summed E-state index contributed by atoms with van der Waals surface area (Å²) in [6, 6.07) is 5.12. The number of carbonyl (C=O) groups is 2. The maximum atomic E-state index is 13.0. The van der Waals surface area contributed by atoms with Crippen LogP contribution in [-0.2, 0) is 15.8 Å². The first-order valence-corrected chi connectivity index (χ1v) is 5.89. The lowest BCUT2D eigenvalue weighted by Crippen LogP contribution is -2.24. The summed E-state index contributed by atoms with van der Waals surface area (Å²) in [6.45, 7) is 0. The van der Waals surface area contributed by atoms with E-state index in [1.807, 2.05) is 0 Å². The monoisotopic (exact) mass is 280 g/mol. The van der Waals surface area contributed by atoms with E-state index < -0.39 is 17.2 Å². The van der Waals surface area contributed by atoms with Gasteiger partial charge in [0, 0.05) is 0 Å². The molecule has 1 aromatic rings. The molecule has 0 spiro atoms. The number of rotatable bonds is 3. The van der Waals surface area contributed by atoms with Crippen LogP contribution in [0.25, 0.3) is 5.57 Å². The zero-order chi connectivity index (χ0) is 14.8. The Hall–Kier alpha value is -2.17. The third kappa shape index (κ3) is 2.57. The van der Waals surface area contributed by atoms with E-state index in [-0.39, 0.29) is 12.0 Å². The van der Waals surface area contributed by atoms with Gasteiger partial charge in [-0.25, -0.2) is 0 Å². The number of carbonyl (C=O) groups excluding carboxylic acids is 2. The van der Waals surface area contributed by atoms with Crippen molar-refractivity contribution in [1.82, 2.24) is 0 Å². The van der Waals surface area contributed by atoms with Crippen LogP contribution in [0.4, 0.5) is 13.2 Å². The maximum absolute atomic E-state index is 13.0. The Balaban J connectivity index is 2.49. The van der Waals surface area contributed by atoms with Crippen molar-refractivity contribution in [2.45, 2.75) is 12.6 Å². The number of halogens is 3. The smallest absolute Gasteiger partial charge is 0.302 e. The van der Waals surface area contributed by atoms with Crippen molar-refractivity contribution < 1.29 is 22.8 Å². The van der Waals surface area contributed by atoms with Gasteiger partial charge in [-0.3, -0.25) is 0 Å². The molecule has 0 saturated heterocycles. The highest BCUT2D eigenvalue weighted by atomic mass is 19.4. The van der Waals surface area contributed by atoms with Crippen LogP contribution in [0.1, 0.15) is 17.5 Å². The van der Waals surface area contributed by atoms with Crippen LogP contribution in [0.3, 0.4) is 0 Å². The molecule has 0 heterocycles. The minimum Gasteiger partial charge on any atom is -0.302 e. The molecule has 1 aliphatic rings. The highest BCUT2D eigenvalue weighted by Crippen LogP contribution is 2.40. The molecule has 0 radical (unpaired) electrons. The highest BCUT2D eigenvalue weighted by Gasteiger charge is 2.36. The SMILES string of the molecule is O=CC1(C=O)C=CC=C(c2ccccc2C(F)(F)F)C1. The Morgan fingerprint density at radius 2 is 1.75 bits per heavy atom. The molecule has 20 heavy (non-hydrogen) atoms. The number of hydrogen-bond acceptors (Lipinski definition) is 2. The standard InChI is InChI=1S/C15H11F3O2/c16-15(17,18)13-6-2-1-5-12(13)11-4-3-7-14(8-11,9-19)10-20/h1-7,9-10H,8H2. The average Bonchev–Trinajstić information content (AvgIpc) is 2.46. The van der Waals surface area contributed by atoms with Gasteiger partial charge in [0.2, 0.25) is 0 Å². The van der Waals surface area contributed by atoms with Gasteiger partial charge in [-0.05, 0) is 23.6 Å². The molecule has 104 valence electrons.